The zero-order valence-corrected chi connectivity index (χ0v) is 16.6. The van der Waals surface area contributed by atoms with Gasteiger partial charge in [-0.3, -0.25) is 9.59 Å². The monoisotopic (exact) mass is 398 g/mol. The zero-order valence-electron chi connectivity index (χ0n) is 15.9. The van der Waals surface area contributed by atoms with Crippen LogP contribution in [0.5, 0.6) is 0 Å². The van der Waals surface area contributed by atoms with Gasteiger partial charge in [-0.2, -0.15) is 0 Å². The molecule has 3 N–H and O–H groups in total. The number of nitrogens with zero attached hydrogens (tertiary/aromatic N) is 2. The number of hydrogen-bond acceptors (Lipinski definition) is 3. The van der Waals surface area contributed by atoms with Gasteiger partial charge in [0.2, 0.25) is 5.91 Å². The first kappa shape index (κ1) is 19.9. The van der Waals surface area contributed by atoms with Crippen molar-refractivity contribution in [2.75, 3.05) is 20.6 Å². The molecule has 3 aromatic rings. The summed E-state index contributed by atoms with van der Waals surface area (Å²) in [5.74, 6) is -0.669. The van der Waals surface area contributed by atoms with Crippen molar-refractivity contribution in [2.24, 2.45) is 5.73 Å². The molecule has 0 radical (unpaired) electrons. The third-order valence-electron chi connectivity index (χ3n) is 4.75. The second-order valence-electron chi connectivity index (χ2n) is 6.86. The van der Waals surface area contributed by atoms with Crippen LogP contribution >= 0.6 is 11.6 Å². The van der Waals surface area contributed by atoms with E-state index < -0.39 is 5.91 Å². The molecule has 146 valence electrons. The lowest BCUT2D eigenvalue weighted by Gasteiger charge is -2.26. The fourth-order valence-corrected chi connectivity index (χ4v) is 3.57. The Labute approximate surface area is 168 Å². The second kappa shape index (κ2) is 8.46. The van der Waals surface area contributed by atoms with Crippen molar-refractivity contribution in [2.45, 2.75) is 12.6 Å². The SMILES string of the molecule is CN(C)[C@H](CNC(=O)Cn1cc(C(N)=O)c2ccccc21)c1ccccc1Cl. The largest absolute Gasteiger partial charge is 0.366 e. The van der Waals surface area contributed by atoms with E-state index in [9.17, 15) is 9.59 Å². The minimum absolute atomic E-state index is 0.0553. The molecule has 0 saturated carbocycles. The number of para-hydroxylation sites is 1. The van der Waals surface area contributed by atoms with Crippen LogP contribution in [0.25, 0.3) is 10.9 Å². The molecule has 28 heavy (non-hydrogen) atoms. The number of fused-ring (bicyclic) bond motifs is 1. The van der Waals surface area contributed by atoms with Gasteiger partial charge in [-0.15, -0.1) is 0 Å². The maximum Gasteiger partial charge on any atom is 0.250 e. The van der Waals surface area contributed by atoms with Crippen molar-refractivity contribution in [1.29, 1.82) is 0 Å². The summed E-state index contributed by atoms with van der Waals surface area (Å²) in [6, 6.07) is 14.9. The summed E-state index contributed by atoms with van der Waals surface area (Å²) in [6.45, 7) is 0.508. The average molecular weight is 399 g/mol. The maximum absolute atomic E-state index is 12.6. The third kappa shape index (κ3) is 4.18. The predicted octanol–water partition coefficient (Wildman–Crippen LogP) is 2.81. The van der Waals surface area contributed by atoms with Crippen LogP contribution in [-0.4, -0.2) is 41.9 Å². The summed E-state index contributed by atoms with van der Waals surface area (Å²) in [6.07, 6.45) is 1.63. The summed E-state index contributed by atoms with van der Waals surface area (Å²) in [7, 11) is 3.89. The fourth-order valence-electron chi connectivity index (χ4n) is 3.31. The number of amides is 2. The lowest BCUT2D eigenvalue weighted by molar-refractivity contribution is -0.121. The molecule has 0 aliphatic rings. The molecular weight excluding hydrogens is 376 g/mol. The number of primary amides is 1. The first-order valence-corrected chi connectivity index (χ1v) is 9.31. The highest BCUT2D eigenvalue weighted by Crippen LogP contribution is 2.25. The summed E-state index contributed by atoms with van der Waals surface area (Å²) >= 11 is 6.32. The Bertz CT molecular complexity index is 1010. The van der Waals surface area contributed by atoms with Crippen LogP contribution in [0.2, 0.25) is 5.02 Å². The summed E-state index contributed by atoms with van der Waals surface area (Å²) in [5.41, 5.74) is 7.62. The lowest BCUT2D eigenvalue weighted by atomic mass is 10.1. The average Bonchev–Trinajstić information content (AvgIpc) is 3.02. The molecule has 7 heteroatoms. The molecule has 1 atom stereocenters. The first-order valence-electron chi connectivity index (χ1n) is 8.93. The molecule has 1 aromatic heterocycles. The minimum atomic E-state index is -0.512. The molecule has 0 aliphatic carbocycles. The van der Waals surface area contributed by atoms with Crippen molar-refractivity contribution >= 4 is 34.3 Å². The van der Waals surface area contributed by atoms with Gasteiger partial charge in [0.1, 0.15) is 6.54 Å². The summed E-state index contributed by atoms with van der Waals surface area (Å²) < 4.78 is 1.74. The molecule has 0 aliphatic heterocycles. The van der Waals surface area contributed by atoms with Crippen molar-refractivity contribution in [3.05, 3.63) is 70.9 Å². The molecule has 3 rings (SSSR count). The van der Waals surface area contributed by atoms with Gasteiger partial charge in [0.05, 0.1) is 11.6 Å². The Morgan fingerprint density at radius 2 is 1.82 bits per heavy atom. The van der Waals surface area contributed by atoms with E-state index in [1.165, 1.54) is 0 Å². The van der Waals surface area contributed by atoms with Gasteiger partial charge in [-0.1, -0.05) is 48.0 Å². The van der Waals surface area contributed by atoms with E-state index in [-0.39, 0.29) is 18.5 Å². The predicted molar refractivity (Wildman–Crippen MR) is 111 cm³/mol. The van der Waals surface area contributed by atoms with Gasteiger partial charge < -0.3 is 20.5 Å². The number of carbonyl (C=O) groups excluding carboxylic acids is 2. The molecule has 2 aromatic carbocycles. The molecule has 0 fully saturated rings. The van der Waals surface area contributed by atoms with Gasteiger partial charge in [0, 0.05) is 28.7 Å². The number of halogens is 1. The summed E-state index contributed by atoms with van der Waals surface area (Å²) in [4.78, 5) is 26.3. The Morgan fingerprint density at radius 3 is 2.50 bits per heavy atom. The van der Waals surface area contributed by atoms with E-state index in [2.05, 4.69) is 5.32 Å². The topological polar surface area (TPSA) is 80.4 Å². The molecule has 0 saturated heterocycles. The van der Waals surface area contributed by atoms with E-state index >= 15 is 0 Å². The Balaban J connectivity index is 1.75. The molecule has 0 spiro atoms. The zero-order chi connectivity index (χ0) is 20.3. The molecule has 0 unspecified atom stereocenters. The van der Waals surface area contributed by atoms with E-state index in [0.29, 0.717) is 17.1 Å². The van der Waals surface area contributed by atoms with Crippen molar-refractivity contribution in [3.63, 3.8) is 0 Å². The molecule has 0 bridgehead atoms. The quantitative estimate of drug-likeness (QED) is 0.642. The number of hydrogen-bond donors (Lipinski definition) is 2. The number of nitrogens with two attached hydrogens (primary N) is 1. The highest BCUT2D eigenvalue weighted by molar-refractivity contribution is 6.31. The van der Waals surface area contributed by atoms with Crippen molar-refractivity contribution < 1.29 is 9.59 Å². The maximum atomic E-state index is 12.6. The van der Waals surface area contributed by atoms with E-state index in [1.807, 2.05) is 67.5 Å². The van der Waals surface area contributed by atoms with Gasteiger partial charge in [0.25, 0.3) is 5.91 Å². The molecular formula is C21H23ClN4O2. The second-order valence-corrected chi connectivity index (χ2v) is 7.26. The smallest absolute Gasteiger partial charge is 0.250 e. The van der Waals surface area contributed by atoms with E-state index in [1.54, 1.807) is 10.8 Å². The highest BCUT2D eigenvalue weighted by Gasteiger charge is 2.19. The van der Waals surface area contributed by atoms with Crippen LogP contribution in [0.1, 0.15) is 22.0 Å². The first-order chi connectivity index (χ1) is 13.4. The Hall–Kier alpha value is -2.83. The standard InChI is InChI=1S/C21H23ClN4O2/c1-25(2)19(15-8-3-5-9-17(15)22)11-24-20(27)13-26-12-16(21(23)28)14-7-4-6-10-18(14)26/h3-10,12,19H,11,13H2,1-2H3,(H2,23,28)(H,24,27)/t19-/m1/s1. The number of aromatic nitrogens is 1. The molecule has 1 heterocycles. The van der Waals surface area contributed by atoms with Crippen molar-refractivity contribution in [3.8, 4) is 0 Å². The number of likely N-dealkylation sites (N-methyl/N-ethyl adjacent to an activating group) is 1. The van der Waals surface area contributed by atoms with Gasteiger partial charge in [0.15, 0.2) is 0 Å². The summed E-state index contributed by atoms with van der Waals surface area (Å²) in [5, 5.41) is 4.37. The van der Waals surface area contributed by atoms with Gasteiger partial charge in [-0.05, 0) is 31.8 Å². The number of nitrogens with one attached hydrogen (secondary N) is 1. The molecule has 2 amide bonds. The van der Waals surface area contributed by atoms with E-state index in [0.717, 1.165) is 16.5 Å². The number of rotatable bonds is 7. The van der Waals surface area contributed by atoms with Crippen LogP contribution in [-0.2, 0) is 11.3 Å². The highest BCUT2D eigenvalue weighted by atomic mass is 35.5. The number of benzene rings is 2. The number of carbonyl (C=O) groups is 2. The third-order valence-corrected chi connectivity index (χ3v) is 5.09. The van der Waals surface area contributed by atoms with Gasteiger partial charge >= 0.3 is 0 Å². The van der Waals surface area contributed by atoms with Crippen LogP contribution in [0, 0.1) is 0 Å². The normalized spacial score (nSPS) is 12.3. The Kier molecular flexibility index (Phi) is 6.02. The van der Waals surface area contributed by atoms with Crippen LogP contribution in [0.3, 0.4) is 0 Å². The van der Waals surface area contributed by atoms with Crippen LogP contribution < -0.4 is 11.1 Å². The fraction of sp³-hybridized carbons (Fsp3) is 0.238. The van der Waals surface area contributed by atoms with E-state index in [4.69, 9.17) is 17.3 Å². The molecule has 6 nitrogen and oxygen atoms in total. The Morgan fingerprint density at radius 1 is 1.14 bits per heavy atom. The van der Waals surface area contributed by atoms with Gasteiger partial charge in [-0.25, -0.2) is 0 Å². The van der Waals surface area contributed by atoms with Crippen molar-refractivity contribution in [1.82, 2.24) is 14.8 Å². The minimum Gasteiger partial charge on any atom is -0.366 e. The lowest BCUT2D eigenvalue weighted by Crippen LogP contribution is -2.36. The van der Waals surface area contributed by atoms with Crippen LogP contribution in [0.4, 0.5) is 0 Å². The van der Waals surface area contributed by atoms with Crippen LogP contribution in [0.15, 0.2) is 54.7 Å².